The highest BCUT2D eigenvalue weighted by Crippen LogP contribution is 2.44. The van der Waals surface area contributed by atoms with Gasteiger partial charge in [0, 0.05) is 12.0 Å². The first-order valence-corrected chi connectivity index (χ1v) is 4.75. The second kappa shape index (κ2) is 2.82. The molecule has 0 bridgehead atoms. The summed E-state index contributed by atoms with van der Waals surface area (Å²) in [5.41, 5.74) is 1.07. The quantitative estimate of drug-likeness (QED) is 0.629. The average molecular weight is 190 g/mol. The topological polar surface area (TPSA) is 35.5 Å². The Hall–Kier alpha value is -1.35. The third-order valence-corrected chi connectivity index (χ3v) is 2.78. The Labute approximate surface area is 81.6 Å². The van der Waals surface area contributed by atoms with Gasteiger partial charge in [-0.2, -0.15) is 0 Å². The van der Waals surface area contributed by atoms with E-state index in [1.54, 1.807) is 0 Å². The van der Waals surface area contributed by atoms with Crippen LogP contribution in [-0.4, -0.2) is 18.5 Å². The standard InChI is InChI=1S/C11H10O3/c12-6-7-5-10-11(13-7)8-3-1-2-4-9(8)14-10/h1-4,6-7,10-11H,5H2/t7-,10-,11-/m0/s1. The van der Waals surface area contributed by atoms with Crippen LogP contribution < -0.4 is 4.74 Å². The predicted molar refractivity (Wildman–Crippen MR) is 49.2 cm³/mol. The number of hydrogen-bond acceptors (Lipinski definition) is 3. The van der Waals surface area contributed by atoms with Crippen LogP contribution >= 0.6 is 0 Å². The fourth-order valence-corrected chi connectivity index (χ4v) is 2.14. The van der Waals surface area contributed by atoms with Gasteiger partial charge in [-0.25, -0.2) is 0 Å². The van der Waals surface area contributed by atoms with Crippen molar-refractivity contribution in [2.45, 2.75) is 24.7 Å². The molecule has 0 spiro atoms. The molecule has 1 aromatic rings. The van der Waals surface area contributed by atoms with Crippen LogP contribution in [0.2, 0.25) is 0 Å². The van der Waals surface area contributed by atoms with Crippen molar-refractivity contribution < 1.29 is 14.3 Å². The van der Waals surface area contributed by atoms with Crippen LogP contribution in [0.5, 0.6) is 5.75 Å². The Balaban J connectivity index is 1.95. The fraction of sp³-hybridized carbons (Fsp3) is 0.364. The van der Waals surface area contributed by atoms with E-state index in [2.05, 4.69) is 0 Å². The molecule has 3 heteroatoms. The van der Waals surface area contributed by atoms with Crippen LogP contribution in [0, 0.1) is 0 Å². The molecule has 3 nitrogen and oxygen atoms in total. The summed E-state index contributed by atoms with van der Waals surface area (Å²) in [4.78, 5) is 10.6. The van der Waals surface area contributed by atoms with Crippen LogP contribution in [0.15, 0.2) is 24.3 Å². The van der Waals surface area contributed by atoms with Gasteiger partial charge < -0.3 is 14.3 Å². The molecule has 0 radical (unpaired) electrons. The molecule has 0 aromatic heterocycles. The summed E-state index contributed by atoms with van der Waals surface area (Å²) in [7, 11) is 0. The minimum atomic E-state index is -0.293. The molecule has 2 aliphatic rings. The van der Waals surface area contributed by atoms with E-state index in [0.717, 1.165) is 17.6 Å². The highest BCUT2D eigenvalue weighted by Gasteiger charge is 2.43. The molecule has 0 unspecified atom stereocenters. The maximum atomic E-state index is 10.6. The minimum Gasteiger partial charge on any atom is -0.487 e. The molecule has 1 aromatic carbocycles. The van der Waals surface area contributed by atoms with E-state index in [1.165, 1.54) is 0 Å². The van der Waals surface area contributed by atoms with Crippen LogP contribution in [0.1, 0.15) is 18.1 Å². The van der Waals surface area contributed by atoms with E-state index < -0.39 is 0 Å². The number of hydrogen-bond donors (Lipinski definition) is 0. The number of fused-ring (bicyclic) bond motifs is 3. The molecule has 0 amide bonds. The third kappa shape index (κ3) is 0.990. The molecule has 2 aliphatic heterocycles. The summed E-state index contributed by atoms with van der Waals surface area (Å²) >= 11 is 0. The van der Waals surface area contributed by atoms with Crippen molar-refractivity contribution in [3.05, 3.63) is 29.8 Å². The Morgan fingerprint density at radius 2 is 2.21 bits per heavy atom. The molecular formula is C11H10O3. The molecule has 1 fully saturated rings. The lowest BCUT2D eigenvalue weighted by Gasteiger charge is -2.06. The maximum absolute atomic E-state index is 10.6. The van der Waals surface area contributed by atoms with Gasteiger partial charge >= 0.3 is 0 Å². The molecule has 0 aliphatic carbocycles. The molecule has 72 valence electrons. The van der Waals surface area contributed by atoms with Gasteiger partial charge in [0.05, 0.1) is 0 Å². The van der Waals surface area contributed by atoms with E-state index in [4.69, 9.17) is 9.47 Å². The number of benzene rings is 1. The molecule has 3 atom stereocenters. The number of rotatable bonds is 1. The molecule has 1 saturated heterocycles. The van der Waals surface area contributed by atoms with Gasteiger partial charge in [0.1, 0.15) is 30.3 Å². The van der Waals surface area contributed by atoms with Gasteiger partial charge in [-0.1, -0.05) is 18.2 Å². The van der Waals surface area contributed by atoms with E-state index >= 15 is 0 Å². The highest BCUT2D eigenvalue weighted by molar-refractivity contribution is 5.57. The minimum absolute atomic E-state index is 0.0302. The Bertz CT molecular complexity index is 375. The second-order valence-electron chi connectivity index (χ2n) is 3.66. The van der Waals surface area contributed by atoms with Gasteiger partial charge in [-0.15, -0.1) is 0 Å². The Morgan fingerprint density at radius 3 is 3.07 bits per heavy atom. The zero-order chi connectivity index (χ0) is 9.54. The molecule has 0 N–H and O–H groups in total. The summed E-state index contributed by atoms with van der Waals surface area (Å²) in [6, 6.07) is 7.83. The largest absolute Gasteiger partial charge is 0.487 e. The van der Waals surface area contributed by atoms with Crippen molar-refractivity contribution in [1.29, 1.82) is 0 Å². The zero-order valence-electron chi connectivity index (χ0n) is 7.55. The average Bonchev–Trinajstić information content (AvgIpc) is 2.73. The van der Waals surface area contributed by atoms with E-state index in [9.17, 15) is 4.79 Å². The molecule has 0 saturated carbocycles. The van der Waals surface area contributed by atoms with Gasteiger partial charge in [0.25, 0.3) is 0 Å². The Kier molecular flexibility index (Phi) is 1.61. The van der Waals surface area contributed by atoms with Gasteiger partial charge in [0.15, 0.2) is 0 Å². The lowest BCUT2D eigenvalue weighted by molar-refractivity contribution is -0.117. The first kappa shape index (κ1) is 8.00. The van der Waals surface area contributed by atoms with Crippen LogP contribution in [0.4, 0.5) is 0 Å². The number of carbonyl (C=O) groups excluding carboxylic acids is 1. The van der Waals surface area contributed by atoms with Crippen molar-refractivity contribution in [3.63, 3.8) is 0 Å². The number of carbonyl (C=O) groups is 1. The fourth-order valence-electron chi connectivity index (χ4n) is 2.14. The van der Waals surface area contributed by atoms with Crippen molar-refractivity contribution >= 4 is 6.29 Å². The molecule has 3 rings (SSSR count). The predicted octanol–water partition coefficient (Wildman–Crippen LogP) is 1.48. The van der Waals surface area contributed by atoms with E-state index in [0.29, 0.717) is 6.42 Å². The lowest BCUT2D eigenvalue weighted by atomic mass is 10.1. The number of para-hydroxylation sites is 1. The summed E-state index contributed by atoms with van der Waals surface area (Å²) in [6.45, 7) is 0. The van der Waals surface area contributed by atoms with E-state index in [1.807, 2.05) is 24.3 Å². The second-order valence-corrected chi connectivity index (χ2v) is 3.66. The maximum Gasteiger partial charge on any atom is 0.148 e. The zero-order valence-corrected chi connectivity index (χ0v) is 7.55. The van der Waals surface area contributed by atoms with Gasteiger partial charge in [-0.05, 0) is 6.07 Å². The van der Waals surface area contributed by atoms with Gasteiger partial charge in [-0.3, -0.25) is 0 Å². The number of ether oxygens (including phenoxy) is 2. The van der Waals surface area contributed by atoms with Gasteiger partial charge in [0.2, 0.25) is 0 Å². The van der Waals surface area contributed by atoms with E-state index in [-0.39, 0.29) is 18.3 Å². The highest BCUT2D eigenvalue weighted by atomic mass is 16.6. The number of aldehydes is 1. The Morgan fingerprint density at radius 1 is 1.36 bits per heavy atom. The van der Waals surface area contributed by atoms with Crippen molar-refractivity contribution in [2.75, 3.05) is 0 Å². The van der Waals surface area contributed by atoms with Crippen molar-refractivity contribution in [2.24, 2.45) is 0 Å². The summed E-state index contributed by atoms with van der Waals surface area (Å²) in [6.07, 6.45) is 1.22. The lowest BCUT2D eigenvalue weighted by Crippen LogP contribution is -2.13. The summed E-state index contributed by atoms with van der Waals surface area (Å²) in [5.74, 6) is 0.895. The molecule has 2 heterocycles. The SMILES string of the molecule is O=C[C@@H]1C[C@@H]2Oc3ccccc3[C@@H]2O1. The summed E-state index contributed by atoms with van der Waals surface area (Å²) < 4.78 is 11.2. The first-order chi connectivity index (χ1) is 6.88. The van der Waals surface area contributed by atoms with Crippen LogP contribution in [0.3, 0.4) is 0 Å². The third-order valence-electron chi connectivity index (χ3n) is 2.78. The normalized spacial score (nSPS) is 33.3. The summed E-state index contributed by atoms with van der Waals surface area (Å²) in [5, 5.41) is 0. The van der Waals surface area contributed by atoms with Crippen molar-refractivity contribution in [1.82, 2.24) is 0 Å². The molecular weight excluding hydrogens is 180 g/mol. The first-order valence-electron chi connectivity index (χ1n) is 4.75. The monoisotopic (exact) mass is 190 g/mol. The van der Waals surface area contributed by atoms with Crippen molar-refractivity contribution in [3.8, 4) is 5.75 Å². The smallest absolute Gasteiger partial charge is 0.148 e. The molecule has 14 heavy (non-hydrogen) atoms. The van der Waals surface area contributed by atoms with Crippen LogP contribution in [0.25, 0.3) is 0 Å². The van der Waals surface area contributed by atoms with Crippen LogP contribution in [-0.2, 0) is 9.53 Å².